The van der Waals surface area contributed by atoms with Crippen molar-refractivity contribution in [1.29, 1.82) is 0 Å². The Hall–Kier alpha value is -2.79. The Kier molecular flexibility index (Phi) is 8.42. The maximum atomic E-state index is 13.5. The molecule has 1 amide bonds. The van der Waals surface area contributed by atoms with Gasteiger partial charge in [-0.1, -0.05) is 37.3 Å². The molecule has 2 aromatic carbocycles. The number of benzene rings is 2. The number of hydrogen-bond donors (Lipinski definition) is 1. The number of carbonyl (C=O) groups excluding carboxylic acids is 1. The van der Waals surface area contributed by atoms with Crippen LogP contribution >= 0.6 is 11.6 Å². The van der Waals surface area contributed by atoms with Crippen molar-refractivity contribution in [2.24, 2.45) is 0 Å². The number of hydrogen-bond acceptors (Lipinski definition) is 6. The summed E-state index contributed by atoms with van der Waals surface area (Å²) in [6, 6.07) is 14.9. The first-order chi connectivity index (χ1) is 16.1. The van der Waals surface area contributed by atoms with Gasteiger partial charge in [0.1, 0.15) is 6.73 Å². The number of amides is 1. The number of sulfonamides is 1. The van der Waals surface area contributed by atoms with Crippen LogP contribution < -0.4 is 9.62 Å². The van der Waals surface area contributed by atoms with E-state index in [1.807, 2.05) is 0 Å². The lowest BCUT2D eigenvalue weighted by atomic mass is 10.2. The van der Waals surface area contributed by atoms with Crippen molar-refractivity contribution in [3.8, 4) is 0 Å². The van der Waals surface area contributed by atoms with Crippen LogP contribution in [0.15, 0.2) is 71.9 Å². The summed E-state index contributed by atoms with van der Waals surface area (Å²) in [5, 5.41) is 3.23. The number of nitrogens with one attached hydrogen (secondary N) is 1. The van der Waals surface area contributed by atoms with E-state index in [-0.39, 0.29) is 23.5 Å². The first-order valence-electron chi connectivity index (χ1n) is 10.6. The Balaban J connectivity index is 1.83. The summed E-state index contributed by atoms with van der Waals surface area (Å²) in [4.78, 5) is 20.7. The monoisotopic (exact) mass is 518 g/mol. The first kappa shape index (κ1) is 25.8. The van der Waals surface area contributed by atoms with Crippen molar-refractivity contribution < 1.29 is 17.9 Å². The standard InChI is InChI=1S/C23H27ClN4O4SSi/c1-34(2,3)15-14-32-17-28(23-25-12-5-13-26-23)33(30,31)21-7-4-6-20(16-21)27-22(29)18-8-10-19(24)11-9-18/h4-13,16H,14-15,17H2,1-3H3,(H,27,29). The number of anilines is 2. The molecule has 3 aromatic rings. The molecule has 3 rings (SSSR count). The zero-order valence-corrected chi connectivity index (χ0v) is 21.8. The summed E-state index contributed by atoms with van der Waals surface area (Å²) in [6.07, 6.45) is 2.94. The quantitative estimate of drug-likeness (QED) is 0.233. The molecule has 34 heavy (non-hydrogen) atoms. The lowest BCUT2D eigenvalue weighted by Crippen LogP contribution is -2.35. The van der Waals surface area contributed by atoms with E-state index in [0.29, 0.717) is 22.9 Å². The minimum atomic E-state index is -4.07. The highest BCUT2D eigenvalue weighted by Gasteiger charge is 2.28. The molecule has 0 unspecified atom stereocenters. The Labute approximate surface area is 206 Å². The van der Waals surface area contributed by atoms with Crippen molar-refractivity contribution >= 4 is 47.2 Å². The van der Waals surface area contributed by atoms with Crippen LogP contribution in [-0.4, -0.2) is 45.7 Å². The Morgan fingerprint density at radius 3 is 2.38 bits per heavy atom. The van der Waals surface area contributed by atoms with E-state index in [0.717, 1.165) is 10.3 Å². The number of aromatic nitrogens is 2. The van der Waals surface area contributed by atoms with Gasteiger partial charge in [-0.2, -0.15) is 0 Å². The van der Waals surface area contributed by atoms with Crippen LogP contribution in [0.2, 0.25) is 30.7 Å². The molecule has 0 aliphatic heterocycles. The minimum Gasteiger partial charge on any atom is -0.360 e. The number of carbonyl (C=O) groups is 1. The Morgan fingerprint density at radius 2 is 1.74 bits per heavy atom. The van der Waals surface area contributed by atoms with E-state index in [1.165, 1.54) is 24.5 Å². The Morgan fingerprint density at radius 1 is 1.06 bits per heavy atom. The van der Waals surface area contributed by atoms with Gasteiger partial charge in [-0.3, -0.25) is 4.79 Å². The van der Waals surface area contributed by atoms with Gasteiger partial charge < -0.3 is 10.1 Å². The van der Waals surface area contributed by atoms with Gasteiger partial charge in [0.05, 0.1) is 4.90 Å². The zero-order chi connectivity index (χ0) is 24.8. The summed E-state index contributed by atoms with van der Waals surface area (Å²) >= 11 is 5.87. The highest BCUT2D eigenvalue weighted by atomic mass is 35.5. The molecule has 0 radical (unpaired) electrons. The fraction of sp³-hybridized carbons (Fsp3) is 0.261. The second-order valence-corrected chi connectivity index (χ2v) is 16.7. The van der Waals surface area contributed by atoms with Crippen molar-refractivity contribution in [1.82, 2.24) is 9.97 Å². The summed E-state index contributed by atoms with van der Waals surface area (Å²) in [6.45, 7) is 6.86. The van der Waals surface area contributed by atoms with Gasteiger partial charge in [0, 0.05) is 43.3 Å². The second-order valence-electron chi connectivity index (χ2n) is 8.74. The summed E-state index contributed by atoms with van der Waals surface area (Å²) in [7, 11) is -5.42. The molecule has 180 valence electrons. The van der Waals surface area contributed by atoms with E-state index in [9.17, 15) is 13.2 Å². The maximum Gasteiger partial charge on any atom is 0.268 e. The molecule has 1 aromatic heterocycles. The first-order valence-corrected chi connectivity index (χ1v) is 16.1. The molecule has 0 fully saturated rings. The SMILES string of the molecule is C[Si](C)(C)CCOCN(c1ncccn1)S(=O)(=O)c1cccc(NC(=O)c2ccc(Cl)cc2)c1. The number of halogens is 1. The van der Waals surface area contributed by atoms with Crippen molar-refractivity contribution in [3.63, 3.8) is 0 Å². The van der Waals surface area contributed by atoms with Gasteiger partial charge in [0.15, 0.2) is 0 Å². The van der Waals surface area contributed by atoms with Gasteiger partial charge >= 0.3 is 0 Å². The van der Waals surface area contributed by atoms with E-state index in [2.05, 4.69) is 34.9 Å². The lowest BCUT2D eigenvalue weighted by Gasteiger charge is -2.23. The summed E-state index contributed by atoms with van der Waals surface area (Å²) < 4.78 is 33.8. The number of rotatable bonds is 10. The summed E-state index contributed by atoms with van der Waals surface area (Å²) in [5.41, 5.74) is 0.724. The van der Waals surface area contributed by atoms with Gasteiger partial charge in [0.25, 0.3) is 15.9 Å². The molecule has 1 heterocycles. The van der Waals surface area contributed by atoms with E-state index in [4.69, 9.17) is 16.3 Å². The molecule has 0 aliphatic rings. The van der Waals surface area contributed by atoms with E-state index < -0.39 is 18.1 Å². The largest absolute Gasteiger partial charge is 0.360 e. The molecule has 0 spiro atoms. The van der Waals surface area contributed by atoms with Crippen molar-refractivity contribution in [2.45, 2.75) is 30.6 Å². The van der Waals surface area contributed by atoms with Crippen LogP contribution in [0.5, 0.6) is 0 Å². The van der Waals surface area contributed by atoms with Gasteiger partial charge in [-0.25, -0.2) is 22.7 Å². The third-order valence-corrected chi connectivity index (χ3v) is 8.42. The highest BCUT2D eigenvalue weighted by Crippen LogP contribution is 2.23. The predicted octanol–water partition coefficient (Wildman–Crippen LogP) is 4.89. The van der Waals surface area contributed by atoms with Crippen molar-refractivity contribution in [3.05, 3.63) is 77.6 Å². The van der Waals surface area contributed by atoms with E-state index >= 15 is 0 Å². The number of nitrogens with zero attached hydrogens (tertiary/aromatic N) is 3. The molecule has 0 aliphatic carbocycles. The average molecular weight is 519 g/mol. The molecule has 0 atom stereocenters. The van der Waals surface area contributed by atoms with Gasteiger partial charge in [-0.05, 0) is 54.6 Å². The maximum absolute atomic E-state index is 13.5. The topological polar surface area (TPSA) is 101 Å². The number of ether oxygens (including phenoxy) is 1. The molecule has 0 bridgehead atoms. The average Bonchev–Trinajstić information content (AvgIpc) is 2.79. The summed E-state index contributed by atoms with van der Waals surface area (Å²) in [5.74, 6) is -0.379. The Bertz CT molecular complexity index is 1220. The lowest BCUT2D eigenvalue weighted by molar-refractivity contribution is 0.102. The van der Waals surface area contributed by atoms with E-state index in [1.54, 1.807) is 42.5 Å². The van der Waals surface area contributed by atoms with Crippen LogP contribution in [0.4, 0.5) is 11.6 Å². The fourth-order valence-corrected chi connectivity index (χ4v) is 5.03. The van der Waals surface area contributed by atoms with Crippen LogP contribution in [0.25, 0.3) is 0 Å². The van der Waals surface area contributed by atoms with Crippen LogP contribution in [0.1, 0.15) is 10.4 Å². The van der Waals surface area contributed by atoms with Crippen LogP contribution in [0.3, 0.4) is 0 Å². The minimum absolute atomic E-state index is 0.00565. The normalized spacial score (nSPS) is 11.8. The molecule has 11 heteroatoms. The molecule has 0 saturated carbocycles. The molecular formula is C23H27ClN4O4SSi. The molecule has 0 saturated heterocycles. The van der Waals surface area contributed by atoms with Gasteiger partial charge in [-0.15, -0.1) is 0 Å². The molecule has 1 N–H and O–H groups in total. The smallest absolute Gasteiger partial charge is 0.268 e. The highest BCUT2D eigenvalue weighted by molar-refractivity contribution is 7.92. The van der Waals surface area contributed by atoms with Gasteiger partial charge in [0.2, 0.25) is 5.95 Å². The third kappa shape index (κ3) is 7.10. The second kappa shape index (κ2) is 11.1. The zero-order valence-electron chi connectivity index (χ0n) is 19.2. The van der Waals surface area contributed by atoms with Crippen LogP contribution in [0, 0.1) is 0 Å². The molecule has 8 nitrogen and oxygen atoms in total. The fourth-order valence-electron chi connectivity index (χ4n) is 2.85. The predicted molar refractivity (Wildman–Crippen MR) is 137 cm³/mol. The van der Waals surface area contributed by atoms with Crippen LogP contribution in [-0.2, 0) is 14.8 Å². The molecular weight excluding hydrogens is 492 g/mol. The third-order valence-electron chi connectivity index (χ3n) is 4.77. The van der Waals surface area contributed by atoms with Crippen molar-refractivity contribution in [2.75, 3.05) is 23.0 Å².